The molecule has 1 aliphatic rings. The van der Waals surface area contributed by atoms with Crippen LogP contribution >= 0.6 is 23.2 Å². The van der Waals surface area contributed by atoms with Crippen LogP contribution in [-0.2, 0) is 10.0 Å². The Balaban J connectivity index is 1.59. The minimum Gasteiger partial charge on any atom is -0.492 e. The van der Waals surface area contributed by atoms with Crippen molar-refractivity contribution in [3.63, 3.8) is 0 Å². The molecule has 8 heteroatoms. The molecule has 134 valence electrons. The van der Waals surface area contributed by atoms with Gasteiger partial charge in [-0.1, -0.05) is 35.3 Å². The second-order valence-electron chi connectivity index (χ2n) is 5.89. The Morgan fingerprint density at radius 2 is 1.84 bits per heavy atom. The molecule has 1 saturated heterocycles. The van der Waals surface area contributed by atoms with Crippen molar-refractivity contribution in [2.45, 2.75) is 17.7 Å². The summed E-state index contributed by atoms with van der Waals surface area (Å²) in [4.78, 5) is 4.08. The topological polar surface area (TPSA) is 59.5 Å². The van der Waals surface area contributed by atoms with Crippen LogP contribution in [-0.4, -0.2) is 37.4 Å². The van der Waals surface area contributed by atoms with Gasteiger partial charge in [0, 0.05) is 31.5 Å². The molecule has 0 unspecified atom stereocenters. The number of halogens is 2. The number of pyridine rings is 1. The highest BCUT2D eigenvalue weighted by atomic mass is 35.5. The van der Waals surface area contributed by atoms with Gasteiger partial charge in [-0.15, -0.1) is 0 Å². The van der Waals surface area contributed by atoms with Crippen LogP contribution in [0.25, 0.3) is 0 Å². The molecule has 0 spiro atoms. The van der Waals surface area contributed by atoms with E-state index >= 15 is 0 Å². The summed E-state index contributed by atoms with van der Waals surface area (Å²) in [6, 6.07) is 8.25. The molecule has 1 aromatic carbocycles. The highest BCUT2D eigenvalue weighted by molar-refractivity contribution is 7.89. The normalized spacial score (nSPS) is 16.7. The van der Waals surface area contributed by atoms with E-state index in [0.29, 0.717) is 30.5 Å². The Bertz CT molecular complexity index is 837. The predicted octanol–water partition coefficient (Wildman–Crippen LogP) is 3.87. The highest BCUT2D eigenvalue weighted by Gasteiger charge is 2.30. The lowest BCUT2D eigenvalue weighted by molar-refractivity contribution is 0.185. The summed E-state index contributed by atoms with van der Waals surface area (Å²) >= 11 is 12.1. The first-order valence-corrected chi connectivity index (χ1v) is 10.1. The average Bonchev–Trinajstić information content (AvgIpc) is 2.61. The van der Waals surface area contributed by atoms with Crippen molar-refractivity contribution in [3.05, 3.63) is 52.8 Å². The smallest absolute Gasteiger partial charge is 0.244 e. The Hall–Kier alpha value is -1.34. The van der Waals surface area contributed by atoms with Gasteiger partial charge in [-0.25, -0.2) is 8.42 Å². The molecule has 5 nitrogen and oxygen atoms in total. The molecule has 1 fully saturated rings. The fourth-order valence-corrected chi connectivity index (χ4v) is 4.93. The highest BCUT2D eigenvalue weighted by Crippen LogP contribution is 2.29. The summed E-state index contributed by atoms with van der Waals surface area (Å²) in [6.07, 6.45) is 4.62. The third-order valence-corrected chi connectivity index (χ3v) is 6.92. The number of ether oxygens (including phenoxy) is 1. The maximum atomic E-state index is 12.7. The van der Waals surface area contributed by atoms with Crippen LogP contribution in [0.3, 0.4) is 0 Å². The van der Waals surface area contributed by atoms with Gasteiger partial charge in [0.2, 0.25) is 10.0 Å². The molecule has 2 heterocycles. The molecule has 0 atom stereocenters. The summed E-state index contributed by atoms with van der Waals surface area (Å²) in [6.45, 7) is 1.40. The van der Waals surface area contributed by atoms with Gasteiger partial charge >= 0.3 is 0 Å². The molecule has 0 aliphatic carbocycles. The van der Waals surface area contributed by atoms with Crippen molar-refractivity contribution in [2.24, 2.45) is 5.92 Å². The lowest BCUT2D eigenvalue weighted by Crippen LogP contribution is -2.39. The quantitative estimate of drug-likeness (QED) is 0.763. The average molecular weight is 401 g/mol. The van der Waals surface area contributed by atoms with Crippen LogP contribution in [0.2, 0.25) is 10.0 Å². The summed E-state index contributed by atoms with van der Waals surface area (Å²) < 4.78 is 32.7. The van der Waals surface area contributed by atoms with Crippen molar-refractivity contribution in [1.82, 2.24) is 9.29 Å². The maximum absolute atomic E-state index is 12.7. The summed E-state index contributed by atoms with van der Waals surface area (Å²) in [5, 5.41) is 0.724. The van der Waals surface area contributed by atoms with Gasteiger partial charge in [-0.3, -0.25) is 4.98 Å². The number of hydrogen-bond donors (Lipinski definition) is 0. The number of aromatic nitrogens is 1. The van der Waals surface area contributed by atoms with E-state index < -0.39 is 10.0 Å². The number of piperidine rings is 1. The summed E-state index contributed by atoms with van der Waals surface area (Å²) in [7, 11) is -3.56. The molecule has 2 aromatic rings. The third-order valence-electron chi connectivity index (χ3n) is 4.24. The van der Waals surface area contributed by atoms with Crippen LogP contribution < -0.4 is 4.74 Å². The number of benzene rings is 1. The van der Waals surface area contributed by atoms with Crippen molar-refractivity contribution < 1.29 is 13.2 Å². The van der Waals surface area contributed by atoms with E-state index in [2.05, 4.69) is 4.98 Å². The Labute approximate surface area is 157 Å². The number of nitrogens with zero attached hydrogens (tertiary/aromatic N) is 2. The van der Waals surface area contributed by atoms with Crippen molar-refractivity contribution in [1.29, 1.82) is 0 Å². The third kappa shape index (κ3) is 4.26. The first kappa shape index (κ1) is 18.5. The lowest BCUT2D eigenvalue weighted by Gasteiger charge is -2.31. The van der Waals surface area contributed by atoms with E-state index in [1.54, 1.807) is 30.5 Å². The van der Waals surface area contributed by atoms with Gasteiger partial charge < -0.3 is 4.74 Å². The fourth-order valence-electron chi connectivity index (χ4n) is 2.80. The first-order valence-electron chi connectivity index (χ1n) is 7.95. The van der Waals surface area contributed by atoms with Crippen molar-refractivity contribution in [2.75, 3.05) is 19.7 Å². The molecular formula is C17H18Cl2N2O3S. The van der Waals surface area contributed by atoms with E-state index in [9.17, 15) is 8.42 Å². The standard InChI is InChI=1S/C17H18Cl2N2O3S/c18-14-3-1-2-4-17(14)25(22,23)21-9-6-13(7-10-21)12-24-16-5-8-20-11-15(16)19/h1-5,8,11,13H,6-7,9-10,12H2. The number of rotatable bonds is 5. The molecule has 0 bridgehead atoms. The minimum atomic E-state index is -3.56. The molecule has 1 aliphatic heterocycles. The zero-order chi connectivity index (χ0) is 17.9. The molecule has 0 N–H and O–H groups in total. The molecule has 0 saturated carbocycles. The van der Waals surface area contributed by atoms with E-state index in [4.69, 9.17) is 27.9 Å². The largest absolute Gasteiger partial charge is 0.492 e. The van der Waals surface area contributed by atoms with Crippen molar-refractivity contribution in [3.8, 4) is 5.75 Å². The molecule has 25 heavy (non-hydrogen) atoms. The minimum absolute atomic E-state index is 0.162. The summed E-state index contributed by atoms with van der Waals surface area (Å²) in [5.74, 6) is 0.879. The summed E-state index contributed by atoms with van der Waals surface area (Å²) in [5.41, 5.74) is 0. The van der Waals surface area contributed by atoms with E-state index in [1.807, 2.05) is 0 Å². The Morgan fingerprint density at radius 1 is 1.12 bits per heavy atom. The van der Waals surface area contributed by atoms with Gasteiger partial charge in [-0.05, 0) is 30.9 Å². The van der Waals surface area contributed by atoms with Gasteiger partial charge in [0.05, 0.1) is 11.6 Å². The van der Waals surface area contributed by atoms with Gasteiger partial charge in [0.25, 0.3) is 0 Å². The Kier molecular flexibility index (Phi) is 5.84. The monoisotopic (exact) mass is 400 g/mol. The fraction of sp³-hybridized carbons (Fsp3) is 0.353. The second kappa shape index (κ2) is 7.91. The van der Waals surface area contributed by atoms with Crippen LogP contribution in [0.5, 0.6) is 5.75 Å². The van der Waals surface area contributed by atoms with Crippen LogP contribution in [0.15, 0.2) is 47.6 Å². The number of sulfonamides is 1. The predicted molar refractivity (Wildman–Crippen MR) is 97.7 cm³/mol. The molecule has 1 aromatic heterocycles. The molecule has 3 rings (SSSR count). The van der Waals surface area contributed by atoms with Gasteiger partial charge in [0.15, 0.2) is 0 Å². The van der Waals surface area contributed by atoms with Crippen LogP contribution in [0.1, 0.15) is 12.8 Å². The maximum Gasteiger partial charge on any atom is 0.244 e. The Morgan fingerprint density at radius 3 is 2.52 bits per heavy atom. The van der Waals surface area contributed by atoms with Gasteiger partial charge in [0.1, 0.15) is 15.7 Å². The first-order chi connectivity index (χ1) is 12.0. The van der Waals surface area contributed by atoms with Crippen molar-refractivity contribution >= 4 is 33.2 Å². The zero-order valence-electron chi connectivity index (χ0n) is 13.4. The van der Waals surface area contributed by atoms with E-state index in [1.165, 1.54) is 16.6 Å². The molecule has 0 radical (unpaired) electrons. The molecular weight excluding hydrogens is 383 g/mol. The second-order valence-corrected chi connectivity index (χ2v) is 8.62. The number of hydrogen-bond acceptors (Lipinski definition) is 4. The van der Waals surface area contributed by atoms with Crippen LogP contribution in [0.4, 0.5) is 0 Å². The lowest BCUT2D eigenvalue weighted by atomic mass is 9.99. The SMILES string of the molecule is O=S(=O)(c1ccccc1Cl)N1CCC(COc2ccncc2Cl)CC1. The van der Waals surface area contributed by atoms with E-state index in [0.717, 1.165) is 12.8 Å². The zero-order valence-corrected chi connectivity index (χ0v) is 15.8. The van der Waals surface area contributed by atoms with E-state index in [-0.39, 0.29) is 15.8 Å². The van der Waals surface area contributed by atoms with Gasteiger partial charge in [-0.2, -0.15) is 4.31 Å². The van der Waals surface area contributed by atoms with Crippen LogP contribution in [0, 0.1) is 5.92 Å². The molecule has 0 amide bonds.